The molecule has 20 heavy (non-hydrogen) atoms. The molecule has 3 aromatic rings. The van der Waals surface area contributed by atoms with E-state index < -0.39 is 0 Å². The molecular formula is C17H19N3. The van der Waals surface area contributed by atoms with Crippen LogP contribution in [0, 0.1) is 0 Å². The molecular weight excluding hydrogens is 246 g/mol. The first-order valence-corrected chi connectivity index (χ1v) is 7.02. The monoisotopic (exact) mass is 265 g/mol. The van der Waals surface area contributed by atoms with E-state index in [0.717, 1.165) is 18.5 Å². The number of fused-ring (bicyclic) bond motifs is 1. The topological polar surface area (TPSA) is 43.8 Å². The average Bonchev–Trinajstić information content (AvgIpc) is 2.96. The van der Waals surface area contributed by atoms with E-state index in [4.69, 9.17) is 5.73 Å². The van der Waals surface area contributed by atoms with Gasteiger partial charge in [0.15, 0.2) is 0 Å². The highest BCUT2D eigenvalue weighted by Gasteiger charge is 2.09. The van der Waals surface area contributed by atoms with Gasteiger partial charge in [-0.2, -0.15) is 5.10 Å². The van der Waals surface area contributed by atoms with Crippen LogP contribution in [0.5, 0.6) is 0 Å². The Hall–Kier alpha value is -2.13. The van der Waals surface area contributed by atoms with Crippen LogP contribution < -0.4 is 5.73 Å². The summed E-state index contributed by atoms with van der Waals surface area (Å²) in [4.78, 5) is 0. The first kappa shape index (κ1) is 12.9. The van der Waals surface area contributed by atoms with Gasteiger partial charge >= 0.3 is 0 Å². The molecule has 3 nitrogen and oxygen atoms in total. The van der Waals surface area contributed by atoms with Crippen molar-refractivity contribution in [3.63, 3.8) is 0 Å². The highest BCUT2D eigenvalue weighted by Crippen LogP contribution is 2.20. The summed E-state index contributed by atoms with van der Waals surface area (Å²) in [6.45, 7) is 2.95. The van der Waals surface area contributed by atoms with Gasteiger partial charge in [0, 0.05) is 24.3 Å². The van der Waals surface area contributed by atoms with E-state index in [-0.39, 0.29) is 6.04 Å². The third-order valence-electron chi connectivity index (χ3n) is 3.67. The van der Waals surface area contributed by atoms with Gasteiger partial charge in [0.05, 0.1) is 6.20 Å². The summed E-state index contributed by atoms with van der Waals surface area (Å²) in [6, 6.07) is 14.9. The van der Waals surface area contributed by atoms with Gasteiger partial charge in [0.25, 0.3) is 0 Å². The molecule has 3 heteroatoms. The van der Waals surface area contributed by atoms with Crippen LogP contribution in [-0.4, -0.2) is 9.78 Å². The normalized spacial score (nSPS) is 12.7. The Labute approximate surface area is 119 Å². The van der Waals surface area contributed by atoms with E-state index in [1.807, 2.05) is 17.1 Å². The second-order valence-electron chi connectivity index (χ2n) is 5.12. The zero-order valence-electron chi connectivity index (χ0n) is 11.7. The van der Waals surface area contributed by atoms with Crippen molar-refractivity contribution in [3.8, 4) is 0 Å². The Morgan fingerprint density at radius 1 is 1.15 bits per heavy atom. The number of aromatic nitrogens is 2. The van der Waals surface area contributed by atoms with Crippen LogP contribution in [-0.2, 0) is 13.0 Å². The second-order valence-corrected chi connectivity index (χ2v) is 5.12. The molecule has 3 rings (SSSR count). The summed E-state index contributed by atoms with van der Waals surface area (Å²) in [5.74, 6) is 0. The van der Waals surface area contributed by atoms with E-state index in [1.165, 1.54) is 16.3 Å². The summed E-state index contributed by atoms with van der Waals surface area (Å²) in [6.07, 6.45) is 4.74. The smallest absolute Gasteiger partial charge is 0.0537 e. The molecule has 1 heterocycles. The number of aryl methyl sites for hydroxylation is 1. The Morgan fingerprint density at radius 2 is 1.95 bits per heavy atom. The summed E-state index contributed by atoms with van der Waals surface area (Å²) in [5, 5.41) is 6.82. The minimum atomic E-state index is -0.00328. The summed E-state index contributed by atoms with van der Waals surface area (Å²) >= 11 is 0. The zero-order chi connectivity index (χ0) is 13.9. The van der Waals surface area contributed by atoms with Crippen LogP contribution >= 0.6 is 0 Å². The first-order chi connectivity index (χ1) is 9.76. The van der Waals surface area contributed by atoms with Crippen molar-refractivity contribution in [2.24, 2.45) is 5.73 Å². The molecule has 1 atom stereocenters. The number of nitrogens with zero attached hydrogens (tertiary/aromatic N) is 2. The van der Waals surface area contributed by atoms with Gasteiger partial charge in [-0.05, 0) is 29.7 Å². The Balaban J connectivity index is 1.81. The summed E-state index contributed by atoms with van der Waals surface area (Å²) in [5.41, 5.74) is 8.65. The van der Waals surface area contributed by atoms with Crippen molar-refractivity contribution >= 4 is 10.8 Å². The van der Waals surface area contributed by atoms with Crippen molar-refractivity contribution in [1.29, 1.82) is 0 Å². The average molecular weight is 265 g/mol. The lowest BCUT2D eigenvalue weighted by atomic mass is 9.99. The summed E-state index contributed by atoms with van der Waals surface area (Å²) in [7, 11) is 0. The molecule has 2 N–H and O–H groups in total. The number of rotatable bonds is 4. The van der Waals surface area contributed by atoms with Crippen molar-refractivity contribution < 1.29 is 0 Å². The lowest BCUT2D eigenvalue weighted by Gasteiger charge is -2.10. The van der Waals surface area contributed by atoms with Gasteiger partial charge in [-0.1, -0.05) is 42.5 Å². The molecule has 1 aromatic heterocycles. The van der Waals surface area contributed by atoms with Crippen LogP contribution in [0.1, 0.15) is 24.1 Å². The second kappa shape index (κ2) is 5.47. The van der Waals surface area contributed by atoms with Crippen LogP contribution in [0.2, 0.25) is 0 Å². The molecule has 0 spiro atoms. The van der Waals surface area contributed by atoms with Gasteiger partial charge in [-0.3, -0.25) is 4.68 Å². The lowest BCUT2D eigenvalue weighted by Crippen LogP contribution is -2.12. The summed E-state index contributed by atoms with van der Waals surface area (Å²) < 4.78 is 1.91. The first-order valence-electron chi connectivity index (χ1n) is 7.02. The molecule has 0 bridgehead atoms. The Morgan fingerprint density at radius 3 is 2.70 bits per heavy atom. The van der Waals surface area contributed by atoms with Gasteiger partial charge < -0.3 is 5.73 Å². The molecule has 0 saturated heterocycles. The molecule has 0 fully saturated rings. The minimum absolute atomic E-state index is 0.00328. The third kappa shape index (κ3) is 2.58. The van der Waals surface area contributed by atoms with Crippen LogP contribution in [0.25, 0.3) is 10.8 Å². The number of nitrogens with two attached hydrogens (primary N) is 1. The van der Waals surface area contributed by atoms with Crippen molar-refractivity contribution in [1.82, 2.24) is 9.78 Å². The van der Waals surface area contributed by atoms with Crippen molar-refractivity contribution in [2.45, 2.75) is 25.9 Å². The zero-order valence-corrected chi connectivity index (χ0v) is 11.7. The molecule has 2 aromatic carbocycles. The maximum absolute atomic E-state index is 6.29. The van der Waals surface area contributed by atoms with Gasteiger partial charge in [-0.15, -0.1) is 0 Å². The number of benzene rings is 2. The maximum atomic E-state index is 6.29. The molecule has 0 aliphatic carbocycles. The Kier molecular flexibility index (Phi) is 3.52. The van der Waals surface area contributed by atoms with E-state index in [9.17, 15) is 0 Å². The van der Waals surface area contributed by atoms with Crippen molar-refractivity contribution in [3.05, 3.63) is 66.0 Å². The fourth-order valence-electron chi connectivity index (χ4n) is 2.48. The number of hydrogen-bond donors (Lipinski definition) is 1. The molecule has 1 unspecified atom stereocenters. The SMILES string of the molecule is CCn1cc(C(N)Cc2ccc3ccccc3c2)cn1. The van der Waals surface area contributed by atoms with Crippen molar-refractivity contribution in [2.75, 3.05) is 0 Å². The van der Waals surface area contributed by atoms with E-state index >= 15 is 0 Å². The van der Waals surface area contributed by atoms with E-state index in [0.29, 0.717) is 0 Å². The predicted octanol–water partition coefficient (Wildman–Crippen LogP) is 3.30. The van der Waals surface area contributed by atoms with Gasteiger partial charge in [0.2, 0.25) is 0 Å². The standard InChI is InChI=1S/C17H19N3/c1-2-20-12-16(11-19-20)17(18)10-13-7-8-14-5-3-4-6-15(14)9-13/h3-9,11-12,17H,2,10,18H2,1H3. The van der Waals surface area contributed by atoms with E-state index in [1.54, 1.807) is 0 Å². The molecule has 0 saturated carbocycles. The molecule has 0 aliphatic rings. The number of hydrogen-bond acceptors (Lipinski definition) is 2. The van der Waals surface area contributed by atoms with Crippen LogP contribution in [0.3, 0.4) is 0 Å². The lowest BCUT2D eigenvalue weighted by molar-refractivity contribution is 0.655. The molecule has 0 amide bonds. The largest absolute Gasteiger partial charge is 0.324 e. The quantitative estimate of drug-likeness (QED) is 0.786. The van der Waals surface area contributed by atoms with Gasteiger partial charge in [-0.25, -0.2) is 0 Å². The fraction of sp³-hybridized carbons (Fsp3) is 0.235. The molecule has 102 valence electrons. The van der Waals surface area contributed by atoms with Gasteiger partial charge in [0.1, 0.15) is 0 Å². The third-order valence-corrected chi connectivity index (χ3v) is 3.67. The van der Waals surface area contributed by atoms with Crippen LogP contribution in [0.15, 0.2) is 54.9 Å². The predicted molar refractivity (Wildman–Crippen MR) is 82.5 cm³/mol. The minimum Gasteiger partial charge on any atom is -0.324 e. The Bertz CT molecular complexity index is 715. The molecule has 0 radical (unpaired) electrons. The fourth-order valence-corrected chi connectivity index (χ4v) is 2.48. The highest BCUT2D eigenvalue weighted by molar-refractivity contribution is 5.83. The van der Waals surface area contributed by atoms with E-state index in [2.05, 4.69) is 54.5 Å². The molecule has 0 aliphatic heterocycles. The highest BCUT2D eigenvalue weighted by atomic mass is 15.3. The maximum Gasteiger partial charge on any atom is 0.0537 e. The van der Waals surface area contributed by atoms with Crippen LogP contribution in [0.4, 0.5) is 0 Å².